The zero-order valence-electron chi connectivity index (χ0n) is 11.0. The Kier molecular flexibility index (Phi) is 3.96. The molecule has 0 saturated heterocycles. The number of carbonyl (C=O) groups is 1. The number of carbonyl (C=O) groups excluding carboxylic acids is 1. The van der Waals surface area contributed by atoms with Crippen LogP contribution in [0.5, 0.6) is 0 Å². The van der Waals surface area contributed by atoms with Crippen molar-refractivity contribution in [2.75, 3.05) is 6.54 Å². The summed E-state index contributed by atoms with van der Waals surface area (Å²) in [4.78, 5) is 13.1. The van der Waals surface area contributed by atoms with Gasteiger partial charge in [-0.15, -0.1) is 16.4 Å². The van der Waals surface area contributed by atoms with Crippen LogP contribution in [0.15, 0.2) is 23.7 Å². The number of amides is 1. The van der Waals surface area contributed by atoms with Gasteiger partial charge in [0.25, 0.3) is 5.91 Å². The summed E-state index contributed by atoms with van der Waals surface area (Å²) >= 11 is 1.64. The Balaban J connectivity index is 2.02. The molecule has 6 nitrogen and oxygen atoms in total. The highest BCUT2D eigenvalue weighted by molar-refractivity contribution is 7.09. The molecule has 0 atom stereocenters. The maximum Gasteiger partial charge on any atom is 0.273 e. The van der Waals surface area contributed by atoms with Gasteiger partial charge in [0, 0.05) is 17.0 Å². The summed E-state index contributed by atoms with van der Waals surface area (Å²) in [6, 6.07) is 4.00. The topological polar surface area (TPSA) is 85.8 Å². The Hall–Kier alpha value is -1.73. The Morgan fingerprint density at radius 2 is 2.37 bits per heavy atom. The van der Waals surface area contributed by atoms with E-state index in [9.17, 15) is 4.79 Å². The number of nitrogens with zero attached hydrogens (tertiary/aromatic N) is 3. The van der Waals surface area contributed by atoms with E-state index in [0.717, 1.165) is 0 Å². The lowest BCUT2D eigenvalue weighted by Crippen LogP contribution is -2.48. The van der Waals surface area contributed by atoms with Crippen molar-refractivity contribution in [3.63, 3.8) is 0 Å². The SMILES string of the molecule is CC(C)(CN)NC(=O)c1cn(Cc2cccs2)nn1. The minimum Gasteiger partial charge on any atom is -0.344 e. The van der Waals surface area contributed by atoms with Crippen molar-refractivity contribution in [1.82, 2.24) is 20.3 Å². The van der Waals surface area contributed by atoms with Crippen LogP contribution in [-0.2, 0) is 6.54 Å². The van der Waals surface area contributed by atoms with Crippen molar-refractivity contribution in [3.8, 4) is 0 Å². The van der Waals surface area contributed by atoms with Crippen molar-refractivity contribution in [2.24, 2.45) is 5.73 Å². The number of rotatable bonds is 5. The van der Waals surface area contributed by atoms with Crippen LogP contribution in [0, 0.1) is 0 Å². The molecule has 2 rings (SSSR count). The molecule has 0 fully saturated rings. The van der Waals surface area contributed by atoms with Gasteiger partial charge in [-0.25, -0.2) is 4.68 Å². The molecule has 1 amide bonds. The monoisotopic (exact) mass is 279 g/mol. The molecule has 0 bridgehead atoms. The van der Waals surface area contributed by atoms with Gasteiger partial charge < -0.3 is 11.1 Å². The number of nitrogens with one attached hydrogen (secondary N) is 1. The maximum absolute atomic E-state index is 12.0. The molecular weight excluding hydrogens is 262 g/mol. The van der Waals surface area contributed by atoms with Gasteiger partial charge >= 0.3 is 0 Å². The molecule has 0 spiro atoms. The van der Waals surface area contributed by atoms with E-state index < -0.39 is 5.54 Å². The van der Waals surface area contributed by atoms with E-state index >= 15 is 0 Å². The molecule has 0 radical (unpaired) electrons. The quantitative estimate of drug-likeness (QED) is 0.850. The van der Waals surface area contributed by atoms with Gasteiger partial charge in [-0.1, -0.05) is 11.3 Å². The highest BCUT2D eigenvalue weighted by atomic mass is 32.1. The molecule has 0 aromatic carbocycles. The molecule has 0 aliphatic carbocycles. The first-order valence-corrected chi connectivity index (χ1v) is 6.83. The lowest BCUT2D eigenvalue weighted by molar-refractivity contribution is 0.0910. The predicted octanol–water partition coefficient (Wildman–Crippen LogP) is 0.855. The zero-order chi connectivity index (χ0) is 13.9. The van der Waals surface area contributed by atoms with Gasteiger partial charge in [0.1, 0.15) is 0 Å². The molecule has 19 heavy (non-hydrogen) atoms. The summed E-state index contributed by atoms with van der Waals surface area (Å²) < 4.78 is 1.65. The third-order valence-corrected chi connectivity index (χ3v) is 3.49. The Morgan fingerprint density at radius 3 is 3.00 bits per heavy atom. The first kappa shape index (κ1) is 13.7. The highest BCUT2D eigenvalue weighted by Gasteiger charge is 2.21. The van der Waals surface area contributed by atoms with E-state index in [0.29, 0.717) is 18.8 Å². The molecule has 3 N–H and O–H groups in total. The van der Waals surface area contributed by atoms with Crippen molar-refractivity contribution in [3.05, 3.63) is 34.3 Å². The molecule has 102 valence electrons. The lowest BCUT2D eigenvalue weighted by Gasteiger charge is -2.23. The first-order valence-electron chi connectivity index (χ1n) is 5.95. The standard InChI is InChI=1S/C12H17N5OS/c1-12(2,8-13)14-11(18)10-7-17(16-15-10)6-9-4-3-5-19-9/h3-5,7H,6,8,13H2,1-2H3,(H,14,18). The number of hydrogen-bond donors (Lipinski definition) is 2. The van der Waals surface area contributed by atoms with Gasteiger partial charge in [0.15, 0.2) is 5.69 Å². The Morgan fingerprint density at radius 1 is 1.58 bits per heavy atom. The van der Waals surface area contributed by atoms with E-state index in [1.54, 1.807) is 22.2 Å². The van der Waals surface area contributed by atoms with Crippen LogP contribution in [-0.4, -0.2) is 33.0 Å². The van der Waals surface area contributed by atoms with Crippen LogP contribution in [0.2, 0.25) is 0 Å². The smallest absolute Gasteiger partial charge is 0.273 e. The second kappa shape index (κ2) is 5.50. The van der Waals surface area contributed by atoms with Crippen molar-refractivity contribution in [2.45, 2.75) is 25.9 Å². The van der Waals surface area contributed by atoms with E-state index in [1.807, 2.05) is 31.4 Å². The minimum atomic E-state index is -0.450. The van der Waals surface area contributed by atoms with Gasteiger partial charge in [0.05, 0.1) is 12.7 Å². The molecule has 2 aromatic heterocycles. The zero-order valence-corrected chi connectivity index (χ0v) is 11.8. The van der Waals surface area contributed by atoms with Crippen LogP contribution >= 0.6 is 11.3 Å². The molecular formula is C12H17N5OS. The van der Waals surface area contributed by atoms with E-state index in [1.165, 1.54) is 4.88 Å². The third kappa shape index (κ3) is 3.62. The van der Waals surface area contributed by atoms with E-state index in [4.69, 9.17) is 5.73 Å². The number of hydrogen-bond acceptors (Lipinski definition) is 5. The maximum atomic E-state index is 12.0. The number of aromatic nitrogens is 3. The van der Waals surface area contributed by atoms with Crippen molar-refractivity contribution >= 4 is 17.2 Å². The van der Waals surface area contributed by atoms with Crippen molar-refractivity contribution in [1.29, 1.82) is 0 Å². The summed E-state index contributed by atoms with van der Waals surface area (Å²) in [6.45, 7) is 4.71. The van der Waals surface area contributed by atoms with Gasteiger partial charge in [0.2, 0.25) is 0 Å². The molecule has 7 heteroatoms. The summed E-state index contributed by atoms with van der Waals surface area (Å²) in [7, 11) is 0. The normalized spacial score (nSPS) is 11.5. The predicted molar refractivity (Wildman–Crippen MR) is 74.0 cm³/mol. The molecule has 0 aliphatic heterocycles. The molecule has 2 aromatic rings. The minimum absolute atomic E-state index is 0.257. The summed E-state index contributed by atoms with van der Waals surface area (Å²) in [5.41, 5.74) is 5.43. The summed E-state index contributed by atoms with van der Waals surface area (Å²) in [6.07, 6.45) is 1.64. The Labute approximate surface area is 115 Å². The fraction of sp³-hybridized carbons (Fsp3) is 0.417. The largest absolute Gasteiger partial charge is 0.344 e. The van der Waals surface area contributed by atoms with E-state index in [2.05, 4.69) is 15.6 Å². The number of nitrogens with two attached hydrogens (primary N) is 1. The van der Waals surface area contributed by atoms with Crippen LogP contribution in [0.25, 0.3) is 0 Å². The van der Waals surface area contributed by atoms with Gasteiger partial charge in [-0.05, 0) is 25.3 Å². The third-order valence-electron chi connectivity index (χ3n) is 2.63. The average molecular weight is 279 g/mol. The molecule has 2 heterocycles. The molecule has 0 aliphatic rings. The lowest BCUT2D eigenvalue weighted by atomic mass is 10.1. The fourth-order valence-electron chi connectivity index (χ4n) is 1.46. The average Bonchev–Trinajstić information content (AvgIpc) is 3.00. The van der Waals surface area contributed by atoms with Crippen molar-refractivity contribution < 1.29 is 4.79 Å². The number of thiophene rings is 1. The molecule has 0 unspecified atom stereocenters. The Bertz CT molecular complexity index is 546. The van der Waals surface area contributed by atoms with Crippen LogP contribution < -0.4 is 11.1 Å². The van der Waals surface area contributed by atoms with Crippen LogP contribution in [0.1, 0.15) is 29.2 Å². The molecule has 0 saturated carbocycles. The second-order valence-electron chi connectivity index (χ2n) is 4.92. The van der Waals surface area contributed by atoms with Gasteiger partial charge in [-0.2, -0.15) is 0 Å². The summed E-state index contributed by atoms with van der Waals surface area (Å²) in [5, 5.41) is 12.6. The fourth-order valence-corrected chi connectivity index (χ4v) is 2.16. The van der Waals surface area contributed by atoms with Gasteiger partial charge in [-0.3, -0.25) is 4.79 Å². The van der Waals surface area contributed by atoms with Crippen LogP contribution in [0.3, 0.4) is 0 Å². The van der Waals surface area contributed by atoms with E-state index in [-0.39, 0.29) is 5.91 Å². The first-order chi connectivity index (χ1) is 9.00. The van der Waals surface area contributed by atoms with Crippen LogP contribution in [0.4, 0.5) is 0 Å². The summed E-state index contributed by atoms with van der Waals surface area (Å²) in [5.74, 6) is -0.257. The second-order valence-corrected chi connectivity index (χ2v) is 5.96. The highest BCUT2D eigenvalue weighted by Crippen LogP contribution is 2.10.